The van der Waals surface area contributed by atoms with Crippen LogP contribution in [0.4, 0.5) is 0 Å². The smallest absolute Gasteiger partial charge is 0.338 e. The Morgan fingerprint density at radius 2 is 1.48 bits per heavy atom. The third-order valence-electron chi connectivity index (χ3n) is 4.55. The van der Waals surface area contributed by atoms with Crippen molar-refractivity contribution in [2.24, 2.45) is 0 Å². The van der Waals surface area contributed by atoms with E-state index in [0.29, 0.717) is 17.1 Å². The van der Waals surface area contributed by atoms with Crippen molar-refractivity contribution in [2.45, 2.75) is 12.0 Å². The van der Waals surface area contributed by atoms with Crippen molar-refractivity contribution in [3.05, 3.63) is 107 Å². The third-order valence-corrected chi connectivity index (χ3v) is 4.79. The molecule has 0 aliphatic carbocycles. The number of benzene rings is 3. The third kappa shape index (κ3) is 6.33. The molecule has 3 nitrogen and oxygen atoms in total. The summed E-state index contributed by atoms with van der Waals surface area (Å²) < 4.78 is 6.03. The molecule has 0 spiro atoms. The van der Waals surface area contributed by atoms with E-state index in [0.717, 1.165) is 11.1 Å². The summed E-state index contributed by atoms with van der Waals surface area (Å²) >= 11 is 6.27. The van der Waals surface area contributed by atoms with Crippen LogP contribution in [-0.4, -0.2) is 37.6 Å². The van der Waals surface area contributed by atoms with Gasteiger partial charge in [-0.25, -0.2) is 4.79 Å². The first kappa shape index (κ1) is 23.0. The zero-order valence-corrected chi connectivity index (χ0v) is 18.1. The van der Waals surface area contributed by atoms with Crippen LogP contribution in [0.15, 0.2) is 84.9 Å². The van der Waals surface area contributed by atoms with Crippen molar-refractivity contribution >= 4 is 30.0 Å². The van der Waals surface area contributed by atoms with Crippen LogP contribution in [0.3, 0.4) is 0 Å². The SMILES string of the molecule is CN(C)CC(OC(=O)c1ccccc1)C(c1ccccc1)c1cccc(Cl)c1.Cl. The molecule has 0 bridgehead atoms. The molecule has 5 heteroatoms. The van der Waals surface area contributed by atoms with Gasteiger partial charge in [0.2, 0.25) is 0 Å². The second-order valence-electron chi connectivity index (χ2n) is 7.02. The minimum atomic E-state index is -0.372. The Morgan fingerprint density at radius 1 is 0.897 bits per heavy atom. The van der Waals surface area contributed by atoms with Crippen LogP contribution in [-0.2, 0) is 4.74 Å². The van der Waals surface area contributed by atoms with Gasteiger partial charge in [-0.05, 0) is 49.5 Å². The molecule has 3 aromatic rings. The fourth-order valence-electron chi connectivity index (χ4n) is 3.33. The van der Waals surface area contributed by atoms with Gasteiger partial charge in [0.15, 0.2) is 0 Å². The van der Waals surface area contributed by atoms with Crippen LogP contribution in [0.5, 0.6) is 0 Å². The largest absolute Gasteiger partial charge is 0.456 e. The van der Waals surface area contributed by atoms with Crippen LogP contribution in [0, 0.1) is 0 Å². The molecule has 2 atom stereocenters. The molecule has 152 valence electrons. The number of carbonyl (C=O) groups is 1. The standard InChI is InChI=1S/C24H24ClNO2.ClH/c1-26(2)17-22(28-24(27)19-12-7-4-8-13-19)23(18-10-5-3-6-11-18)20-14-9-15-21(25)16-20;/h3-16,22-23H,17H2,1-2H3;1H. The molecule has 3 rings (SSSR count). The average molecular weight is 430 g/mol. The first-order valence-corrected chi connectivity index (χ1v) is 9.63. The van der Waals surface area contributed by atoms with E-state index in [9.17, 15) is 4.79 Å². The molecule has 0 fully saturated rings. The van der Waals surface area contributed by atoms with E-state index < -0.39 is 0 Å². The summed E-state index contributed by atoms with van der Waals surface area (Å²) in [5.41, 5.74) is 2.65. The van der Waals surface area contributed by atoms with Gasteiger partial charge in [-0.15, -0.1) is 12.4 Å². The molecule has 29 heavy (non-hydrogen) atoms. The Balaban J connectivity index is 0.00000300. The summed E-state index contributed by atoms with van der Waals surface area (Å²) in [4.78, 5) is 14.8. The van der Waals surface area contributed by atoms with E-state index in [-0.39, 0.29) is 30.4 Å². The van der Waals surface area contributed by atoms with Crippen molar-refractivity contribution in [1.29, 1.82) is 0 Å². The van der Waals surface area contributed by atoms with E-state index >= 15 is 0 Å². The van der Waals surface area contributed by atoms with Crippen LogP contribution >= 0.6 is 24.0 Å². The van der Waals surface area contributed by atoms with Gasteiger partial charge in [0.05, 0.1) is 5.56 Å². The fourth-order valence-corrected chi connectivity index (χ4v) is 3.53. The minimum absolute atomic E-state index is 0. The van der Waals surface area contributed by atoms with E-state index in [1.54, 1.807) is 12.1 Å². The van der Waals surface area contributed by atoms with Crippen molar-refractivity contribution < 1.29 is 9.53 Å². The summed E-state index contributed by atoms with van der Waals surface area (Å²) in [5, 5.41) is 0.663. The first-order chi connectivity index (χ1) is 13.5. The Morgan fingerprint density at radius 3 is 2.07 bits per heavy atom. The van der Waals surface area contributed by atoms with Gasteiger partial charge in [-0.1, -0.05) is 72.3 Å². The topological polar surface area (TPSA) is 29.5 Å². The van der Waals surface area contributed by atoms with Crippen molar-refractivity contribution in [3.8, 4) is 0 Å². The maximum absolute atomic E-state index is 12.8. The zero-order chi connectivity index (χ0) is 19.9. The molecule has 0 saturated heterocycles. The quantitative estimate of drug-likeness (QED) is 0.452. The molecule has 2 unspecified atom stereocenters. The van der Waals surface area contributed by atoms with Gasteiger partial charge in [-0.2, -0.15) is 0 Å². The van der Waals surface area contributed by atoms with E-state index in [2.05, 4.69) is 12.1 Å². The van der Waals surface area contributed by atoms with Crippen LogP contribution < -0.4 is 0 Å². The lowest BCUT2D eigenvalue weighted by molar-refractivity contribution is 0.0199. The highest BCUT2D eigenvalue weighted by molar-refractivity contribution is 6.30. The number of hydrogen-bond acceptors (Lipinski definition) is 3. The van der Waals surface area contributed by atoms with E-state index in [4.69, 9.17) is 16.3 Å². The number of hydrogen-bond donors (Lipinski definition) is 0. The lowest BCUT2D eigenvalue weighted by atomic mass is 9.86. The highest BCUT2D eigenvalue weighted by atomic mass is 35.5. The van der Waals surface area contributed by atoms with Gasteiger partial charge >= 0.3 is 5.97 Å². The summed E-state index contributed by atoms with van der Waals surface area (Å²) in [6.07, 6.45) is -0.372. The highest BCUT2D eigenvalue weighted by Gasteiger charge is 2.29. The molecule has 0 N–H and O–H groups in total. The van der Waals surface area contributed by atoms with Gasteiger partial charge in [0, 0.05) is 17.5 Å². The van der Waals surface area contributed by atoms with Crippen molar-refractivity contribution in [2.75, 3.05) is 20.6 Å². The molecule has 0 saturated carbocycles. The average Bonchev–Trinajstić information content (AvgIpc) is 2.69. The zero-order valence-electron chi connectivity index (χ0n) is 16.5. The number of ether oxygens (including phenoxy) is 1. The molecule has 3 aromatic carbocycles. The Bertz CT molecular complexity index is 901. The van der Waals surface area contributed by atoms with Gasteiger partial charge < -0.3 is 9.64 Å². The van der Waals surface area contributed by atoms with Gasteiger partial charge in [-0.3, -0.25) is 0 Å². The van der Waals surface area contributed by atoms with Crippen molar-refractivity contribution in [1.82, 2.24) is 4.90 Å². The number of likely N-dealkylation sites (N-methyl/N-ethyl adjacent to an activating group) is 1. The molecule has 0 aliphatic rings. The summed E-state index contributed by atoms with van der Waals surface area (Å²) in [6.45, 7) is 0.588. The molecule has 0 amide bonds. The number of carbonyl (C=O) groups excluding carboxylic acids is 1. The Kier molecular flexibility index (Phi) is 8.71. The predicted octanol–water partition coefficient (Wildman–Crippen LogP) is 5.68. The van der Waals surface area contributed by atoms with E-state index in [1.807, 2.05) is 79.7 Å². The normalized spacial score (nSPS) is 12.7. The Hall–Kier alpha value is -2.33. The molecule has 0 heterocycles. The first-order valence-electron chi connectivity index (χ1n) is 9.26. The van der Waals surface area contributed by atoms with Gasteiger partial charge in [0.25, 0.3) is 0 Å². The molecular weight excluding hydrogens is 405 g/mol. The van der Waals surface area contributed by atoms with Gasteiger partial charge in [0.1, 0.15) is 6.10 Å². The lowest BCUT2D eigenvalue weighted by Gasteiger charge is -2.30. The van der Waals surface area contributed by atoms with Crippen LogP contribution in [0.1, 0.15) is 27.4 Å². The Labute approximate surface area is 183 Å². The fraction of sp³-hybridized carbons (Fsp3) is 0.208. The second kappa shape index (κ2) is 11.0. The molecule has 0 aromatic heterocycles. The summed E-state index contributed by atoms with van der Waals surface area (Å²) in [5.74, 6) is -0.453. The van der Waals surface area contributed by atoms with Crippen LogP contribution in [0.2, 0.25) is 5.02 Å². The maximum atomic E-state index is 12.8. The molecular formula is C24H25Cl2NO2. The molecule has 0 radical (unpaired) electrons. The van der Waals surface area contributed by atoms with Crippen LogP contribution in [0.25, 0.3) is 0 Å². The summed E-state index contributed by atoms with van der Waals surface area (Å²) in [6, 6.07) is 26.9. The van der Waals surface area contributed by atoms with E-state index in [1.165, 1.54) is 0 Å². The number of halogens is 2. The number of rotatable bonds is 7. The minimum Gasteiger partial charge on any atom is -0.456 e. The maximum Gasteiger partial charge on any atom is 0.338 e. The molecule has 0 aliphatic heterocycles. The monoisotopic (exact) mass is 429 g/mol. The van der Waals surface area contributed by atoms with Crippen molar-refractivity contribution in [3.63, 3.8) is 0 Å². The number of nitrogens with zero attached hydrogens (tertiary/aromatic N) is 1. The second-order valence-corrected chi connectivity index (χ2v) is 7.45. The predicted molar refractivity (Wildman–Crippen MR) is 121 cm³/mol. The summed E-state index contributed by atoms with van der Waals surface area (Å²) in [7, 11) is 3.95. The lowest BCUT2D eigenvalue weighted by Crippen LogP contribution is -2.36. The highest BCUT2D eigenvalue weighted by Crippen LogP contribution is 2.32. The number of esters is 1.